The molecule has 1 nitrogen and oxygen atoms in total. The Bertz CT molecular complexity index is 361. The maximum absolute atomic E-state index is 6.08. The second kappa shape index (κ2) is 4.26. The lowest BCUT2D eigenvalue weighted by Gasteiger charge is -2.14. The molecule has 2 rings (SSSR count). The molecule has 0 atom stereocenters. The van der Waals surface area contributed by atoms with Crippen LogP contribution in [0.2, 0.25) is 5.02 Å². The molecule has 0 unspecified atom stereocenters. The van der Waals surface area contributed by atoms with Crippen molar-refractivity contribution in [3.63, 3.8) is 0 Å². The molecule has 3 heteroatoms. The maximum atomic E-state index is 6.08. The fourth-order valence-electron chi connectivity index (χ4n) is 1.48. The van der Waals surface area contributed by atoms with Gasteiger partial charge in [0.15, 0.2) is 0 Å². The SMILES string of the molecule is Cc1ccc(OCC2(CS)CC2)c(Cl)c1. The summed E-state index contributed by atoms with van der Waals surface area (Å²) in [7, 11) is 0. The number of hydrogen-bond donors (Lipinski definition) is 1. The molecule has 0 spiro atoms. The normalized spacial score (nSPS) is 17.5. The summed E-state index contributed by atoms with van der Waals surface area (Å²) in [6.07, 6.45) is 2.44. The van der Waals surface area contributed by atoms with E-state index < -0.39 is 0 Å². The highest BCUT2D eigenvalue weighted by Gasteiger charge is 2.42. The molecule has 82 valence electrons. The number of hydrogen-bond acceptors (Lipinski definition) is 2. The number of halogens is 1. The molecule has 15 heavy (non-hydrogen) atoms. The molecule has 1 aromatic carbocycles. The number of rotatable bonds is 4. The summed E-state index contributed by atoms with van der Waals surface area (Å²) in [5.74, 6) is 1.69. The smallest absolute Gasteiger partial charge is 0.137 e. The topological polar surface area (TPSA) is 9.23 Å². The minimum absolute atomic E-state index is 0.317. The van der Waals surface area contributed by atoms with E-state index in [1.165, 1.54) is 12.8 Å². The van der Waals surface area contributed by atoms with Gasteiger partial charge in [-0.05, 0) is 43.2 Å². The first-order valence-electron chi connectivity index (χ1n) is 5.15. The van der Waals surface area contributed by atoms with E-state index in [0.29, 0.717) is 10.4 Å². The van der Waals surface area contributed by atoms with Gasteiger partial charge in [0.05, 0.1) is 11.6 Å². The van der Waals surface area contributed by atoms with Gasteiger partial charge >= 0.3 is 0 Å². The fraction of sp³-hybridized carbons (Fsp3) is 0.500. The van der Waals surface area contributed by atoms with Crippen LogP contribution in [-0.4, -0.2) is 12.4 Å². The van der Waals surface area contributed by atoms with Gasteiger partial charge in [-0.1, -0.05) is 17.7 Å². The second-order valence-electron chi connectivity index (χ2n) is 4.38. The second-order valence-corrected chi connectivity index (χ2v) is 5.10. The third-order valence-electron chi connectivity index (χ3n) is 2.91. The van der Waals surface area contributed by atoms with Gasteiger partial charge in [0, 0.05) is 5.41 Å². The van der Waals surface area contributed by atoms with Crippen LogP contribution >= 0.6 is 24.2 Å². The Kier molecular flexibility index (Phi) is 3.17. The molecule has 1 aliphatic rings. The predicted molar refractivity (Wildman–Crippen MR) is 67.2 cm³/mol. The lowest BCUT2D eigenvalue weighted by molar-refractivity contribution is 0.251. The summed E-state index contributed by atoms with van der Waals surface area (Å²) in [6, 6.07) is 5.88. The van der Waals surface area contributed by atoms with Gasteiger partial charge in [-0.3, -0.25) is 0 Å². The van der Waals surface area contributed by atoms with E-state index in [4.69, 9.17) is 16.3 Å². The van der Waals surface area contributed by atoms with Crippen molar-refractivity contribution in [3.05, 3.63) is 28.8 Å². The van der Waals surface area contributed by atoms with Crippen molar-refractivity contribution in [2.45, 2.75) is 19.8 Å². The van der Waals surface area contributed by atoms with Gasteiger partial charge in [0.1, 0.15) is 5.75 Å². The molecule has 1 aliphatic carbocycles. The molecule has 0 amide bonds. The van der Waals surface area contributed by atoms with Crippen LogP contribution in [-0.2, 0) is 0 Å². The van der Waals surface area contributed by atoms with Gasteiger partial charge in [-0.15, -0.1) is 0 Å². The summed E-state index contributed by atoms with van der Waals surface area (Å²) in [5, 5.41) is 0.699. The van der Waals surface area contributed by atoms with Crippen LogP contribution in [0.25, 0.3) is 0 Å². The Morgan fingerprint density at radius 2 is 2.20 bits per heavy atom. The van der Waals surface area contributed by atoms with Crippen LogP contribution in [0.1, 0.15) is 18.4 Å². The number of aryl methyl sites for hydroxylation is 1. The average molecular weight is 243 g/mol. The Labute approximate surface area is 101 Å². The summed E-state index contributed by atoms with van der Waals surface area (Å²) in [5.41, 5.74) is 1.47. The molecule has 0 radical (unpaired) electrons. The Hall–Kier alpha value is -0.340. The molecule has 1 fully saturated rings. The molecule has 0 N–H and O–H groups in total. The summed E-state index contributed by atoms with van der Waals surface area (Å²) in [6.45, 7) is 2.76. The minimum atomic E-state index is 0.317. The molecule has 0 aliphatic heterocycles. The van der Waals surface area contributed by atoms with Crippen molar-refractivity contribution in [3.8, 4) is 5.75 Å². The lowest BCUT2D eigenvalue weighted by atomic mass is 10.1. The van der Waals surface area contributed by atoms with Crippen LogP contribution in [0.5, 0.6) is 5.75 Å². The highest BCUT2D eigenvalue weighted by atomic mass is 35.5. The van der Waals surface area contributed by atoms with Gasteiger partial charge < -0.3 is 4.74 Å². The number of benzene rings is 1. The van der Waals surface area contributed by atoms with Crippen molar-refractivity contribution < 1.29 is 4.74 Å². The van der Waals surface area contributed by atoms with Crippen molar-refractivity contribution in [2.24, 2.45) is 5.41 Å². The van der Waals surface area contributed by atoms with Gasteiger partial charge in [-0.25, -0.2) is 0 Å². The number of ether oxygens (including phenoxy) is 1. The Morgan fingerprint density at radius 1 is 1.47 bits per heavy atom. The third kappa shape index (κ3) is 2.61. The molecular formula is C12H15ClOS. The standard InChI is InChI=1S/C12H15ClOS/c1-9-2-3-11(10(13)6-9)14-7-12(8-15)4-5-12/h2-3,6,15H,4-5,7-8H2,1H3. The van der Waals surface area contributed by atoms with Crippen LogP contribution in [0.4, 0.5) is 0 Å². The zero-order chi connectivity index (χ0) is 10.9. The average Bonchev–Trinajstić information content (AvgIpc) is 2.97. The monoisotopic (exact) mass is 242 g/mol. The van der Waals surface area contributed by atoms with E-state index >= 15 is 0 Å². The lowest BCUT2D eigenvalue weighted by Crippen LogP contribution is -2.14. The molecule has 0 aromatic heterocycles. The first kappa shape index (κ1) is 11.2. The van der Waals surface area contributed by atoms with Gasteiger partial charge in [0.25, 0.3) is 0 Å². The highest BCUT2D eigenvalue weighted by Crippen LogP contribution is 2.47. The van der Waals surface area contributed by atoms with E-state index in [0.717, 1.165) is 23.7 Å². The molecular weight excluding hydrogens is 228 g/mol. The zero-order valence-electron chi connectivity index (χ0n) is 8.79. The van der Waals surface area contributed by atoms with Crippen molar-refractivity contribution in [1.29, 1.82) is 0 Å². The molecule has 0 heterocycles. The van der Waals surface area contributed by atoms with Crippen LogP contribution < -0.4 is 4.74 Å². The van der Waals surface area contributed by atoms with Crippen molar-refractivity contribution >= 4 is 24.2 Å². The largest absolute Gasteiger partial charge is 0.491 e. The summed E-state index contributed by atoms with van der Waals surface area (Å²) in [4.78, 5) is 0. The van der Waals surface area contributed by atoms with Crippen LogP contribution in [0.15, 0.2) is 18.2 Å². The summed E-state index contributed by atoms with van der Waals surface area (Å²) < 4.78 is 5.73. The highest BCUT2D eigenvalue weighted by molar-refractivity contribution is 7.80. The van der Waals surface area contributed by atoms with Crippen LogP contribution in [0.3, 0.4) is 0 Å². The van der Waals surface area contributed by atoms with E-state index in [2.05, 4.69) is 12.6 Å². The Morgan fingerprint density at radius 3 is 2.73 bits per heavy atom. The zero-order valence-corrected chi connectivity index (χ0v) is 10.4. The third-order valence-corrected chi connectivity index (χ3v) is 3.88. The molecule has 0 bridgehead atoms. The van der Waals surface area contributed by atoms with Crippen LogP contribution in [0, 0.1) is 12.3 Å². The predicted octanol–water partition coefficient (Wildman–Crippen LogP) is 3.74. The molecule has 0 saturated heterocycles. The van der Waals surface area contributed by atoms with Gasteiger partial charge in [-0.2, -0.15) is 12.6 Å². The first-order chi connectivity index (χ1) is 7.15. The fourth-order valence-corrected chi connectivity index (χ4v) is 2.18. The quantitative estimate of drug-likeness (QED) is 0.792. The van der Waals surface area contributed by atoms with E-state index in [1.807, 2.05) is 25.1 Å². The van der Waals surface area contributed by atoms with E-state index in [9.17, 15) is 0 Å². The van der Waals surface area contributed by atoms with Crippen molar-refractivity contribution in [1.82, 2.24) is 0 Å². The Balaban J connectivity index is 1.99. The van der Waals surface area contributed by atoms with Gasteiger partial charge in [0.2, 0.25) is 0 Å². The number of thiol groups is 1. The van der Waals surface area contributed by atoms with E-state index in [1.54, 1.807) is 0 Å². The maximum Gasteiger partial charge on any atom is 0.137 e. The minimum Gasteiger partial charge on any atom is -0.491 e. The first-order valence-corrected chi connectivity index (χ1v) is 6.16. The summed E-state index contributed by atoms with van der Waals surface area (Å²) >= 11 is 10.4. The molecule has 1 saturated carbocycles. The van der Waals surface area contributed by atoms with Crippen molar-refractivity contribution in [2.75, 3.05) is 12.4 Å². The van der Waals surface area contributed by atoms with E-state index in [-0.39, 0.29) is 0 Å². The molecule has 1 aromatic rings.